The Morgan fingerprint density at radius 2 is 1.07 bits per heavy atom. The summed E-state index contributed by atoms with van der Waals surface area (Å²) in [6.45, 7) is 19.0. The lowest BCUT2D eigenvalue weighted by atomic mass is 10.00. The van der Waals surface area contributed by atoms with Crippen LogP contribution in [-0.4, -0.2) is 122 Å². The van der Waals surface area contributed by atoms with E-state index in [1.165, 1.54) is 113 Å². The van der Waals surface area contributed by atoms with Gasteiger partial charge in [0.2, 0.25) is 0 Å². The van der Waals surface area contributed by atoms with Crippen LogP contribution in [0.5, 0.6) is 0 Å². The van der Waals surface area contributed by atoms with E-state index >= 15 is 0 Å². The number of hydrogen-bond acceptors (Lipinski definition) is 4. The highest BCUT2D eigenvalue weighted by Crippen LogP contribution is 2.18. The molecule has 1 atom stereocenters. The molecule has 6 heterocycles. The first-order valence-electron chi connectivity index (χ1n) is 21.3. The van der Waals surface area contributed by atoms with Crippen molar-refractivity contribution in [3.63, 3.8) is 0 Å². The predicted octanol–water partition coefficient (Wildman–Crippen LogP) is -1.31. The van der Waals surface area contributed by atoms with E-state index in [-0.39, 0.29) is 0 Å². The zero-order valence-electron chi connectivity index (χ0n) is 34.0. The molecule has 9 nitrogen and oxygen atoms in total. The summed E-state index contributed by atoms with van der Waals surface area (Å²) < 4.78 is 0. The second-order valence-electron chi connectivity index (χ2n) is 16.3. The van der Waals surface area contributed by atoms with Gasteiger partial charge in [-0.2, -0.15) is 35.2 Å². The molecule has 5 fully saturated rings. The van der Waals surface area contributed by atoms with Gasteiger partial charge in [-0.1, -0.05) is 55.0 Å². The topological polar surface area (TPSA) is 66.7 Å². The highest BCUT2D eigenvalue weighted by Gasteiger charge is 2.24. The van der Waals surface area contributed by atoms with Crippen LogP contribution < -0.4 is 40.4 Å². The molecule has 0 spiro atoms. The van der Waals surface area contributed by atoms with E-state index in [9.17, 15) is 0 Å². The highest BCUT2D eigenvalue weighted by atomic mass is 15.2. The van der Waals surface area contributed by atoms with Crippen molar-refractivity contribution in [3.8, 4) is 0 Å². The number of nitrogens with zero attached hydrogens (tertiary/aromatic N) is 2. The molecule has 0 radical (unpaired) electrons. The zero-order chi connectivity index (χ0) is 38.4. The average molecular weight is 746 g/mol. The van der Waals surface area contributed by atoms with Gasteiger partial charge in [-0.15, -0.1) is 0 Å². The Bertz CT molecular complexity index is 1210. The number of benzene rings is 2. The number of para-hydroxylation sites is 1. The molecule has 0 saturated carbocycles. The second-order valence-corrected chi connectivity index (χ2v) is 16.3. The molecule has 5 saturated heterocycles. The number of nitrogens with two attached hydrogens (primary N) is 1. The maximum atomic E-state index is 5.66. The van der Waals surface area contributed by atoms with E-state index in [2.05, 4.69) is 117 Å². The number of rotatable bonds is 3. The molecule has 8 rings (SSSR count). The first-order valence-corrected chi connectivity index (χ1v) is 21.3. The van der Waals surface area contributed by atoms with Gasteiger partial charge in [0.25, 0.3) is 0 Å². The Morgan fingerprint density at radius 3 is 1.57 bits per heavy atom. The maximum Gasteiger partial charge on any atom is 0.0723 e. The van der Waals surface area contributed by atoms with E-state index < -0.39 is 0 Å². The molecule has 0 amide bonds. The fourth-order valence-corrected chi connectivity index (χ4v) is 7.91. The van der Waals surface area contributed by atoms with Crippen molar-refractivity contribution in [2.24, 2.45) is 5.73 Å². The number of anilines is 1. The summed E-state index contributed by atoms with van der Waals surface area (Å²) in [5.74, 6) is 0. The van der Waals surface area contributed by atoms with Crippen molar-refractivity contribution in [1.29, 1.82) is 0 Å². The Morgan fingerprint density at radius 1 is 0.556 bits per heavy atom. The Labute approximate surface area is 331 Å². The lowest BCUT2D eigenvalue weighted by molar-refractivity contribution is -0.859. The smallest absolute Gasteiger partial charge is 0.0723 e. The number of likely N-dealkylation sites (tertiary alicyclic amines) is 3. The Kier molecular flexibility index (Phi) is 21.2. The molecular weight excluding hydrogens is 667 g/mol. The molecule has 6 aliphatic heterocycles. The van der Waals surface area contributed by atoms with Gasteiger partial charge in [-0.3, -0.25) is 4.90 Å². The summed E-state index contributed by atoms with van der Waals surface area (Å²) in [5.41, 5.74) is 9.85. The summed E-state index contributed by atoms with van der Waals surface area (Å²) >= 11 is 0. The molecule has 9 heteroatoms. The summed E-state index contributed by atoms with van der Waals surface area (Å²) in [6, 6.07) is 22.6. The van der Waals surface area contributed by atoms with E-state index in [0.29, 0.717) is 6.04 Å². The second kappa shape index (κ2) is 25.7. The first-order chi connectivity index (χ1) is 26.3. The maximum absolute atomic E-state index is 5.66. The van der Waals surface area contributed by atoms with Crippen LogP contribution in [0.3, 0.4) is 0 Å². The van der Waals surface area contributed by atoms with Gasteiger partial charge in [0.1, 0.15) is 0 Å². The van der Waals surface area contributed by atoms with Crippen LogP contribution in [0.1, 0.15) is 56.9 Å². The SMILES string of the molecule is [CH2-][NH+]1CC=C(c2ccccc2)CC1.[CH2-][NH+]1CCC(N)CC1.[CH2-][NH+]1CCC(N2CCCCC2)CC1.[CH2-][NH+]1CCN(c2ccccc2)CC1.[CH2-][NH+]1CCNCC1. The van der Waals surface area contributed by atoms with Crippen molar-refractivity contribution in [3.05, 3.63) is 108 Å². The molecule has 54 heavy (non-hydrogen) atoms. The quantitative estimate of drug-likeness (QED) is 0.200. The highest BCUT2D eigenvalue weighted by molar-refractivity contribution is 5.65. The molecule has 2 aromatic rings. The molecule has 2 aromatic carbocycles. The van der Waals surface area contributed by atoms with Gasteiger partial charge in [-0.25, -0.2) is 0 Å². The Hall–Kier alpha value is -2.34. The van der Waals surface area contributed by atoms with Crippen LogP contribution in [0, 0.1) is 35.2 Å². The van der Waals surface area contributed by atoms with Crippen LogP contribution in [0.15, 0.2) is 66.7 Å². The average Bonchev–Trinajstić information content (AvgIpc) is 3.22. The van der Waals surface area contributed by atoms with E-state index in [1.807, 2.05) is 0 Å². The van der Waals surface area contributed by atoms with Crippen LogP contribution >= 0.6 is 0 Å². The third kappa shape index (κ3) is 17.6. The summed E-state index contributed by atoms with van der Waals surface area (Å²) in [5, 5.41) is 3.25. The number of piperidine rings is 3. The lowest BCUT2D eigenvalue weighted by Crippen LogP contribution is -3.10. The van der Waals surface area contributed by atoms with Crippen LogP contribution in [0.4, 0.5) is 5.69 Å². The number of nitrogens with one attached hydrogen (secondary N) is 6. The molecule has 0 aromatic heterocycles. The van der Waals surface area contributed by atoms with Gasteiger partial charge < -0.3 is 40.4 Å². The van der Waals surface area contributed by atoms with Gasteiger partial charge in [0, 0.05) is 63.0 Å². The first kappa shape index (κ1) is 44.4. The van der Waals surface area contributed by atoms with Gasteiger partial charge in [0.15, 0.2) is 0 Å². The lowest BCUT2D eigenvalue weighted by Gasteiger charge is -2.39. The van der Waals surface area contributed by atoms with E-state index in [4.69, 9.17) is 5.73 Å². The van der Waals surface area contributed by atoms with Gasteiger partial charge in [0.05, 0.1) is 78.5 Å². The molecule has 1 unspecified atom stereocenters. The van der Waals surface area contributed by atoms with Gasteiger partial charge in [-0.05, 0) is 55.3 Å². The van der Waals surface area contributed by atoms with Crippen molar-refractivity contribution in [2.45, 2.75) is 63.5 Å². The number of piperazine rings is 2. The molecule has 6 aliphatic rings. The number of quaternary nitrogens is 5. The minimum absolute atomic E-state index is 0.459. The molecule has 304 valence electrons. The normalized spacial score (nSPS) is 28.2. The number of hydrogen-bond donors (Lipinski definition) is 7. The van der Waals surface area contributed by atoms with Crippen LogP contribution in [-0.2, 0) is 0 Å². The third-order valence-corrected chi connectivity index (χ3v) is 11.7. The minimum Gasteiger partial charge on any atom is -0.468 e. The Balaban J connectivity index is 0.000000154. The monoisotopic (exact) mass is 746 g/mol. The van der Waals surface area contributed by atoms with E-state index in [1.54, 1.807) is 0 Å². The molecule has 0 aliphatic carbocycles. The van der Waals surface area contributed by atoms with Crippen LogP contribution in [0.25, 0.3) is 5.57 Å². The largest absolute Gasteiger partial charge is 0.468 e. The summed E-state index contributed by atoms with van der Waals surface area (Å²) in [4.78, 5) is 12.2. The minimum atomic E-state index is 0.459. The molecule has 8 N–H and O–H groups in total. The van der Waals surface area contributed by atoms with E-state index in [0.717, 1.165) is 90.8 Å². The van der Waals surface area contributed by atoms with Crippen molar-refractivity contribution < 1.29 is 24.5 Å². The van der Waals surface area contributed by atoms with Gasteiger partial charge >= 0.3 is 0 Å². The standard InChI is InChI=1S/C12H15N.C11H22N2.C11H16N2.C6H14N2.C5H12N2/c1-13-9-7-12(8-10-13)11-5-3-2-4-6-11;1-12-9-5-11(6-10-12)13-7-3-2-4-8-13;1-12-7-9-13(10-8-12)11-5-3-2-4-6-11;1-8-4-2-6(7)3-5-8;1-7-4-2-6-3-5-7/h2-7,13H,1,8-10H2;11-12H,1-10H2;2-6,12H,1,7-10H2;6,8H,1-5,7H2;6-7H,1-5H2. The fourth-order valence-electron chi connectivity index (χ4n) is 7.91. The van der Waals surface area contributed by atoms with Crippen molar-refractivity contribution >= 4 is 11.3 Å². The van der Waals surface area contributed by atoms with Crippen molar-refractivity contribution in [1.82, 2.24) is 10.2 Å². The summed E-state index contributed by atoms with van der Waals surface area (Å²) in [6.07, 6.45) is 12.8. The molecular formula is C45H79N9. The van der Waals surface area contributed by atoms with Crippen molar-refractivity contribution in [2.75, 3.05) is 110 Å². The summed E-state index contributed by atoms with van der Waals surface area (Å²) in [7, 11) is 19.9. The predicted molar refractivity (Wildman–Crippen MR) is 226 cm³/mol. The third-order valence-electron chi connectivity index (χ3n) is 11.7. The zero-order valence-corrected chi connectivity index (χ0v) is 34.0. The molecule has 0 bridgehead atoms. The fraction of sp³-hybridized carbons (Fsp3) is 0.578. The van der Waals surface area contributed by atoms with Crippen LogP contribution in [0.2, 0.25) is 0 Å².